The lowest BCUT2D eigenvalue weighted by molar-refractivity contribution is 0.240. The maximum absolute atomic E-state index is 13.3. The van der Waals surface area contributed by atoms with E-state index in [2.05, 4.69) is 4.90 Å². The van der Waals surface area contributed by atoms with Gasteiger partial charge in [-0.25, -0.2) is 4.39 Å². The number of anilines is 1. The second-order valence-electron chi connectivity index (χ2n) is 5.02. The van der Waals surface area contributed by atoms with E-state index in [4.69, 9.17) is 5.73 Å². The molecule has 2 atom stereocenters. The SMILES string of the molecule is CC(N)c1cc(F)ccc1N1CCCCC1CO. The van der Waals surface area contributed by atoms with E-state index in [9.17, 15) is 9.50 Å². The van der Waals surface area contributed by atoms with Crippen LogP contribution in [0.2, 0.25) is 0 Å². The van der Waals surface area contributed by atoms with E-state index in [0.29, 0.717) is 0 Å². The molecule has 1 aliphatic heterocycles. The zero-order valence-corrected chi connectivity index (χ0v) is 10.8. The van der Waals surface area contributed by atoms with Crippen LogP contribution in [0.3, 0.4) is 0 Å². The first-order chi connectivity index (χ1) is 8.63. The topological polar surface area (TPSA) is 49.5 Å². The van der Waals surface area contributed by atoms with Crippen LogP contribution in [0, 0.1) is 5.82 Å². The van der Waals surface area contributed by atoms with Gasteiger partial charge in [-0.2, -0.15) is 0 Å². The highest BCUT2D eigenvalue weighted by Crippen LogP contribution is 2.31. The molecule has 1 heterocycles. The van der Waals surface area contributed by atoms with Crippen LogP contribution in [0.1, 0.15) is 37.8 Å². The lowest BCUT2D eigenvalue weighted by atomic mass is 9.98. The van der Waals surface area contributed by atoms with Crippen LogP contribution in [0.25, 0.3) is 0 Å². The van der Waals surface area contributed by atoms with Crippen LogP contribution in [0.15, 0.2) is 18.2 Å². The maximum atomic E-state index is 13.3. The summed E-state index contributed by atoms with van der Waals surface area (Å²) in [5, 5.41) is 9.46. The zero-order chi connectivity index (χ0) is 13.1. The van der Waals surface area contributed by atoms with E-state index in [1.807, 2.05) is 6.92 Å². The van der Waals surface area contributed by atoms with Crippen LogP contribution in [0.5, 0.6) is 0 Å². The van der Waals surface area contributed by atoms with Gasteiger partial charge in [-0.05, 0) is 49.9 Å². The highest BCUT2D eigenvalue weighted by atomic mass is 19.1. The third kappa shape index (κ3) is 2.65. The molecule has 2 rings (SSSR count). The molecule has 0 radical (unpaired) electrons. The summed E-state index contributed by atoms with van der Waals surface area (Å²) in [5.74, 6) is -0.261. The summed E-state index contributed by atoms with van der Waals surface area (Å²) < 4.78 is 13.3. The predicted octanol–water partition coefficient (Wildman–Crippen LogP) is 2.20. The normalized spacial score (nSPS) is 22.0. The summed E-state index contributed by atoms with van der Waals surface area (Å²) in [6.07, 6.45) is 3.22. The number of aliphatic hydroxyl groups is 1. The van der Waals surface area contributed by atoms with Crippen molar-refractivity contribution >= 4 is 5.69 Å². The molecule has 0 amide bonds. The monoisotopic (exact) mass is 252 g/mol. The number of hydrogen-bond donors (Lipinski definition) is 2. The minimum atomic E-state index is -0.261. The van der Waals surface area contributed by atoms with Gasteiger partial charge in [0.25, 0.3) is 0 Å². The van der Waals surface area contributed by atoms with E-state index in [1.54, 1.807) is 6.07 Å². The van der Waals surface area contributed by atoms with Crippen molar-refractivity contribution in [1.29, 1.82) is 0 Å². The molecule has 1 aromatic rings. The molecule has 1 saturated heterocycles. The van der Waals surface area contributed by atoms with E-state index in [1.165, 1.54) is 12.1 Å². The molecule has 0 aromatic heterocycles. The summed E-state index contributed by atoms with van der Waals surface area (Å²) in [7, 11) is 0. The van der Waals surface area contributed by atoms with E-state index in [-0.39, 0.29) is 24.5 Å². The van der Waals surface area contributed by atoms with Gasteiger partial charge in [-0.1, -0.05) is 0 Å². The smallest absolute Gasteiger partial charge is 0.123 e. The van der Waals surface area contributed by atoms with E-state index >= 15 is 0 Å². The van der Waals surface area contributed by atoms with Crippen molar-refractivity contribution in [2.24, 2.45) is 5.73 Å². The van der Waals surface area contributed by atoms with Gasteiger partial charge in [0.2, 0.25) is 0 Å². The Morgan fingerprint density at radius 2 is 2.28 bits per heavy atom. The molecule has 0 saturated carbocycles. The minimum Gasteiger partial charge on any atom is -0.394 e. The number of hydrogen-bond acceptors (Lipinski definition) is 3. The number of nitrogens with two attached hydrogens (primary N) is 1. The first-order valence-electron chi connectivity index (χ1n) is 6.56. The number of rotatable bonds is 3. The van der Waals surface area contributed by atoms with Crippen molar-refractivity contribution in [3.63, 3.8) is 0 Å². The number of halogens is 1. The Morgan fingerprint density at radius 3 is 2.94 bits per heavy atom. The second kappa shape index (κ2) is 5.67. The van der Waals surface area contributed by atoms with Gasteiger partial charge >= 0.3 is 0 Å². The molecule has 1 aromatic carbocycles. The van der Waals surface area contributed by atoms with Crippen molar-refractivity contribution in [2.45, 2.75) is 38.3 Å². The van der Waals surface area contributed by atoms with E-state index < -0.39 is 0 Å². The Bertz CT molecular complexity index is 409. The molecule has 1 aliphatic rings. The van der Waals surface area contributed by atoms with Crippen molar-refractivity contribution in [2.75, 3.05) is 18.1 Å². The fourth-order valence-electron chi connectivity index (χ4n) is 2.66. The number of aliphatic hydroxyl groups excluding tert-OH is 1. The Kier molecular flexibility index (Phi) is 4.19. The average molecular weight is 252 g/mol. The molecule has 0 aliphatic carbocycles. The first-order valence-corrected chi connectivity index (χ1v) is 6.56. The molecule has 2 unspecified atom stereocenters. The van der Waals surface area contributed by atoms with Crippen LogP contribution in [-0.4, -0.2) is 24.3 Å². The molecule has 0 spiro atoms. The predicted molar refractivity (Wildman–Crippen MR) is 71.1 cm³/mol. The van der Waals surface area contributed by atoms with Crippen LogP contribution >= 0.6 is 0 Å². The number of piperidine rings is 1. The van der Waals surface area contributed by atoms with Gasteiger partial charge in [0, 0.05) is 18.3 Å². The van der Waals surface area contributed by atoms with Gasteiger partial charge in [0.15, 0.2) is 0 Å². The quantitative estimate of drug-likeness (QED) is 0.867. The van der Waals surface area contributed by atoms with Gasteiger partial charge in [0.1, 0.15) is 5.82 Å². The Labute approximate surface area is 107 Å². The maximum Gasteiger partial charge on any atom is 0.123 e. The zero-order valence-electron chi connectivity index (χ0n) is 10.8. The lowest BCUT2D eigenvalue weighted by Gasteiger charge is -2.38. The van der Waals surface area contributed by atoms with Gasteiger partial charge in [-0.15, -0.1) is 0 Å². The third-order valence-electron chi connectivity index (χ3n) is 3.63. The third-order valence-corrected chi connectivity index (χ3v) is 3.63. The molecule has 3 nitrogen and oxygen atoms in total. The summed E-state index contributed by atoms with van der Waals surface area (Å²) in [6, 6.07) is 4.66. The highest BCUT2D eigenvalue weighted by Gasteiger charge is 2.24. The van der Waals surface area contributed by atoms with Crippen LogP contribution in [-0.2, 0) is 0 Å². The molecule has 4 heteroatoms. The van der Waals surface area contributed by atoms with Crippen LogP contribution in [0.4, 0.5) is 10.1 Å². The summed E-state index contributed by atoms with van der Waals surface area (Å²) >= 11 is 0. The summed E-state index contributed by atoms with van der Waals surface area (Å²) in [4.78, 5) is 2.17. The minimum absolute atomic E-state index is 0.127. The van der Waals surface area contributed by atoms with E-state index in [0.717, 1.165) is 37.1 Å². The standard InChI is InChI=1S/C14H21FN2O/c1-10(16)13-8-11(15)5-6-14(13)17-7-3-2-4-12(17)9-18/h5-6,8,10,12,18H,2-4,7,9,16H2,1H3. The molecule has 18 heavy (non-hydrogen) atoms. The van der Waals surface area contributed by atoms with Gasteiger partial charge < -0.3 is 15.7 Å². The lowest BCUT2D eigenvalue weighted by Crippen LogP contribution is -2.42. The molecule has 1 fully saturated rings. The van der Waals surface area contributed by atoms with Crippen molar-refractivity contribution in [3.05, 3.63) is 29.6 Å². The van der Waals surface area contributed by atoms with Crippen molar-refractivity contribution in [1.82, 2.24) is 0 Å². The number of nitrogens with zero attached hydrogens (tertiary/aromatic N) is 1. The summed E-state index contributed by atoms with van der Waals surface area (Å²) in [5.41, 5.74) is 7.70. The van der Waals surface area contributed by atoms with Crippen LogP contribution < -0.4 is 10.6 Å². The first kappa shape index (κ1) is 13.3. The molecular weight excluding hydrogens is 231 g/mol. The number of benzene rings is 1. The Balaban J connectivity index is 2.36. The van der Waals surface area contributed by atoms with Crippen molar-refractivity contribution < 1.29 is 9.50 Å². The molecule has 0 bridgehead atoms. The Morgan fingerprint density at radius 1 is 1.50 bits per heavy atom. The fraction of sp³-hybridized carbons (Fsp3) is 0.571. The van der Waals surface area contributed by atoms with Gasteiger partial charge in [0.05, 0.1) is 12.6 Å². The van der Waals surface area contributed by atoms with Gasteiger partial charge in [-0.3, -0.25) is 0 Å². The average Bonchev–Trinajstić information content (AvgIpc) is 2.38. The van der Waals surface area contributed by atoms with Crippen molar-refractivity contribution in [3.8, 4) is 0 Å². The summed E-state index contributed by atoms with van der Waals surface area (Å²) in [6.45, 7) is 2.89. The molecule has 3 N–H and O–H groups in total. The molecule has 100 valence electrons. The highest BCUT2D eigenvalue weighted by molar-refractivity contribution is 5.56. The Hall–Kier alpha value is -1.13. The molecular formula is C14H21FN2O. The fourth-order valence-corrected chi connectivity index (χ4v) is 2.66. The second-order valence-corrected chi connectivity index (χ2v) is 5.02. The largest absolute Gasteiger partial charge is 0.394 e.